The van der Waals surface area contributed by atoms with E-state index >= 15 is 0 Å². The maximum absolute atomic E-state index is 14.0. The smallest absolute Gasteiger partial charge is 0.270 e. The van der Waals surface area contributed by atoms with E-state index in [1.165, 1.54) is 0 Å². The van der Waals surface area contributed by atoms with Crippen LogP contribution in [0.1, 0.15) is 45.1 Å². The van der Waals surface area contributed by atoms with Crippen molar-refractivity contribution in [2.45, 2.75) is 32.7 Å². The minimum atomic E-state index is -0.362. The van der Waals surface area contributed by atoms with Gasteiger partial charge in [-0.3, -0.25) is 14.4 Å². The second-order valence-corrected chi connectivity index (χ2v) is 10.3. The second kappa shape index (κ2) is 10.8. The van der Waals surface area contributed by atoms with Crippen LogP contribution < -0.4 is 20.3 Å². The van der Waals surface area contributed by atoms with E-state index in [1.54, 1.807) is 61.6 Å². The molecule has 0 unspecified atom stereocenters. The molecule has 3 aromatic rings. The van der Waals surface area contributed by atoms with Crippen LogP contribution in [0.25, 0.3) is 6.08 Å². The lowest BCUT2D eigenvalue weighted by molar-refractivity contribution is -0.130. The van der Waals surface area contributed by atoms with Crippen LogP contribution in [0.5, 0.6) is 11.5 Å². The number of likely N-dealkylation sites (tertiary alicyclic amines) is 1. The van der Waals surface area contributed by atoms with Crippen molar-refractivity contribution >= 4 is 17.9 Å². The van der Waals surface area contributed by atoms with Gasteiger partial charge in [-0.2, -0.15) is 0 Å². The number of carbonyl (C=O) groups is 2. The van der Waals surface area contributed by atoms with Gasteiger partial charge in [0.15, 0.2) is 0 Å². The minimum Gasteiger partial charge on any atom is -0.497 e. The van der Waals surface area contributed by atoms with Gasteiger partial charge in [0.1, 0.15) is 17.2 Å². The summed E-state index contributed by atoms with van der Waals surface area (Å²) in [5.41, 5.74) is 4.30. The number of hydrogen-bond acceptors (Lipinski definition) is 5. The van der Waals surface area contributed by atoms with E-state index in [-0.39, 0.29) is 34.9 Å². The lowest BCUT2D eigenvalue weighted by Crippen LogP contribution is -2.50. The first kappa shape index (κ1) is 26.3. The van der Waals surface area contributed by atoms with Gasteiger partial charge >= 0.3 is 0 Å². The summed E-state index contributed by atoms with van der Waals surface area (Å²) in [6.45, 7) is 5.49. The number of rotatable bonds is 6. The van der Waals surface area contributed by atoms with Gasteiger partial charge in [-0.15, -0.1) is 0 Å². The summed E-state index contributed by atoms with van der Waals surface area (Å²) in [5, 5.41) is 2.89. The third-order valence-corrected chi connectivity index (χ3v) is 7.76. The van der Waals surface area contributed by atoms with E-state index in [2.05, 4.69) is 5.32 Å². The molecular weight excluding hydrogens is 494 g/mol. The van der Waals surface area contributed by atoms with Gasteiger partial charge < -0.3 is 24.3 Å². The van der Waals surface area contributed by atoms with Gasteiger partial charge in [0.05, 0.1) is 14.2 Å². The molecule has 1 aromatic heterocycles. The number of pyridine rings is 1. The molecule has 202 valence electrons. The van der Waals surface area contributed by atoms with Crippen molar-refractivity contribution in [1.29, 1.82) is 0 Å². The lowest BCUT2D eigenvalue weighted by Gasteiger charge is -2.43. The number of ether oxygens (including phenoxy) is 2. The molecule has 0 radical (unpaired) electrons. The number of hydrogen-bond donors (Lipinski definition) is 1. The van der Waals surface area contributed by atoms with E-state index in [1.807, 2.05) is 36.6 Å². The summed E-state index contributed by atoms with van der Waals surface area (Å²) >= 11 is 0. The van der Waals surface area contributed by atoms with Gasteiger partial charge in [-0.05, 0) is 73.7 Å². The molecule has 8 heteroatoms. The van der Waals surface area contributed by atoms with Gasteiger partial charge in [-0.1, -0.05) is 12.1 Å². The molecule has 2 aliphatic rings. The summed E-state index contributed by atoms with van der Waals surface area (Å²) in [6, 6.07) is 16.1. The maximum Gasteiger partial charge on any atom is 0.270 e. The van der Waals surface area contributed by atoms with E-state index in [4.69, 9.17) is 9.47 Å². The Morgan fingerprint density at radius 1 is 0.949 bits per heavy atom. The number of amides is 2. The van der Waals surface area contributed by atoms with Crippen LogP contribution in [0.15, 0.2) is 65.1 Å². The SMILES string of the molecule is COc1ccc(/C=C(\NC(=O)c2ccc(C)c(C)c2)C(=O)N2C[C@H]3C[C@@H](C2)c2cccc(=O)n2C3)c(OC)c1. The highest BCUT2D eigenvalue weighted by Crippen LogP contribution is 2.35. The van der Waals surface area contributed by atoms with E-state index in [0.717, 1.165) is 23.2 Å². The van der Waals surface area contributed by atoms with Crippen LogP contribution in [0, 0.1) is 19.8 Å². The van der Waals surface area contributed by atoms with Crippen LogP contribution in [-0.2, 0) is 11.3 Å². The van der Waals surface area contributed by atoms with Crippen LogP contribution in [0.4, 0.5) is 0 Å². The Labute approximate surface area is 227 Å². The molecule has 2 aromatic carbocycles. The average Bonchev–Trinajstić information content (AvgIpc) is 2.94. The molecular formula is C31H33N3O5. The average molecular weight is 528 g/mol. The second-order valence-electron chi connectivity index (χ2n) is 10.3. The minimum absolute atomic E-state index is 0.00480. The van der Waals surface area contributed by atoms with Crippen LogP contribution in [-0.4, -0.2) is 48.6 Å². The molecule has 2 atom stereocenters. The van der Waals surface area contributed by atoms with Crippen molar-refractivity contribution < 1.29 is 19.1 Å². The first-order valence-electron chi connectivity index (χ1n) is 13.1. The maximum atomic E-state index is 14.0. The number of fused-ring (bicyclic) bond motifs is 4. The fourth-order valence-corrected chi connectivity index (χ4v) is 5.55. The Kier molecular flexibility index (Phi) is 7.28. The highest BCUT2D eigenvalue weighted by molar-refractivity contribution is 6.05. The van der Waals surface area contributed by atoms with Crippen LogP contribution in [0.3, 0.4) is 0 Å². The summed E-state index contributed by atoms with van der Waals surface area (Å²) in [6.07, 6.45) is 2.58. The van der Waals surface area contributed by atoms with Crippen molar-refractivity contribution in [1.82, 2.24) is 14.8 Å². The predicted octanol–water partition coefficient (Wildman–Crippen LogP) is 3.90. The molecule has 2 bridgehead atoms. The van der Waals surface area contributed by atoms with Gasteiger partial charge in [-0.25, -0.2) is 0 Å². The van der Waals surface area contributed by atoms with Gasteiger partial charge in [0, 0.05) is 54.5 Å². The fourth-order valence-electron chi connectivity index (χ4n) is 5.55. The number of aryl methyl sites for hydroxylation is 2. The number of aromatic nitrogens is 1. The van der Waals surface area contributed by atoms with E-state index in [9.17, 15) is 14.4 Å². The number of nitrogens with one attached hydrogen (secondary N) is 1. The van der Waals surface area contributed by atoms with E-state index < -0.39 is 0 Å². The Balaban J connectivity index is 1.49. The van der Waals surface area contributed by atoms with Crippen LogP contribution >= 0.6 is 0 Å². The predicted molar refractivity (Wildman–Crippen MR) is 149 cm³/mol. The number of nitrogens with zero attached hydrogens (tertiary/aromatic N) is 2. The highest BCUT2D eigenvalue weighted by atomic mass is 16.5. The molecule has 2 amide bonds. The fraction of sp³-hybridized carbons (Fsp3) is 0.323. The zero-order chi connectivity index (χ0) is 27.7. The Morgan fingerprint density at radius 2 is 1.77 bits per heavy atom. The first-order chi connectivity index (χ1) is 18.8. The van der Waals surface area contributed by atoms with Crippen molar-refractivity contribution in [3.05, 3.63) is 98.6 Å². The zero-order valence-corrected chi connectivity index (χ0v) is 22.7. The molecule has 5 rings (SSSR count). The van der Waals surface area contributed by atoms with Gasteiger partial charge in [0.25, 0.3) is 17.4 Å². The largest absolute Gasteiger partial charge is 0.497 e. The lowest BCUT2D eigenvalue weighted by atomic mass is 9.83. The number of methoxy groups -OCH3 is 2. The summed E-state index contributed by atoms with van der Waals surface area (Å²) in [5.74, 6) is 0.721. The normalized spacial score (nSPS) is 18.3. The summed E-state index contributed by atoms with van der Waals surface area (Å²) < 4.78 is 12.7. The van der Waals surface area contributed by atoms with Crippen molar-refractivity contribution in [3.63, 3.8) is 0 Å². The highest BCUT2D eigenvalue weighted by Gasteiger charge is 2.37. The topological polar surface area (TPSA) is 89.9 Å². The molecule has 1 fully saturated rings. The Morgan fingerprint density at radius 3 is 2.51 bits per heavy atom. The number of carbonyl (C=O) groups excluding carboxylic acids is 2. The molecule has 1 N–H and O–H groups in total. The number of piperidine rings is 1. The standard InChI is InChI=1S/C31H33N3O5/c1-19-8-9-23(12-20(19)2)30(36)32-26(14-22-10-11-25(38-3)15-28(22)39-4)31(37)33-16-21-13-24(18-33)27-6-5-7-29(35)34(27)17-21/h5-12,14-15,21,24H,13,16-18H2,1-4H3,(H,32,36)/b26-14-/t21-,24+/m1/s1. The third kappa shape index (κ3) is 5.32. The summed E-state index contributed by atoms with van der Waals surface area (Å²) in [4.78, 5) is 41.6. The zero-order valence-electron chi connectivity index (χ0n) is 22.7. The third-order valence-electron chi connectivity index (χ3n) is 7.76. The Bertz CT molecular complexity index is 1520. The molecule has 0 spiro atoms. The molecule has 0 aliphatic carbocycles. The molecule has 3 heterocycles. The van der Waals surface area contributed by atoms with Crippen molar-refractivity contribution in [2.24, 2.45) is 5.92 Å². The molecule has 8 nitrogen and oxygen atoms in total. The molecule has 1 saturated heterocycles. The van der Waals surface area contributed by atoms with Crippen molar-refractivity contribution in [3.8, 4) is 11.5 Å². The summed E-state index contributed by atoms with van der Waals surface area (Å²) in [7, 11) is 3.12. The first-order valence-corrected chi connectivity index (χ1v) is 13.1. The monoisotopic (exact) mass is 527 g/mol. The van der Waals surface area contributed by atoms with Crippen LogP contribution in [0.2, 0.25) is 0 Å². The van der Waals surface area contributed by atoms with E-state index in [0.29, 0.717) is 42.3 Å². The molecule has 0 saturated carbocycles. The molecule has 39 heavy (non-hydrogen) atoms. The van der Waals surface area contributed by atoms with Gasteiger partial charge in [0.2, 0.25) is 0 Å². The molecule has 2 aliphatic heterocycles. The number of benzene rings is 2. The van der Waals surface area contributed by atoms with Crippen molar-refractivity contribution in [2.75, 3.05) is 27.3 Å². The quantitative estimate of drug-likeness (QED) is 0.491. The Hall–Kier alpha value is -4.33.